The molecule has 21 heavy (non-hydrogen) atoms. The van der Waals surface area contributed by atoms with E-state index in [9.17, 15) is 4.79 Å². The van der Waals surface area contributed by atoms with Gasteiger partial charge in [0.1, 0.15) is 37.4 Å². The molecule has 0 unspecified atom stereocenters. The number of rotatable bonds is 2. The van der Waals surface area contributed by atoms with Gasteiger partial charge in [0.2, 0.25) is 0 Å². The van der Waals surface area contributed by atoms with E-state index >= 15 is 0 Å². The molecule has 0 spiro atoms. The topological polar surface area (TPSA) is 43.9 Å². The SMILES string of the molecule is Cc1ccc2oc(=O)cc(C[NH+]3C[C@H](C)O[C@@H](C)C3)c2c1. The van der Waals surface area contributed by atoms with Crippen molar-refractivity contribution >= 4 is 11.0 Å². The van der Waals surface area contributed by atoms with Gasteiger partial charge in [-0.3, -0.25) is 0 Å². The summed E-state index contributed by atoms with van der Waals surface area (Å²) in [6.07, 6.45) is 0.522. The monoisotopic (exact) mass is 288 g/mol. The lowest BCUT2D eigenvalue weighted by molar-refractivity contribution is -0.928. The van der Waals surface area contributed by atoms with Crippen molar-refractivity contribution in [2.45, 2.75) is 39.5 Å². The summed E-state index contributed by atoms with van der Waals surface area (Å²) >= 11 is 0. The first-order valence-corrected chi connectivity index (χ1v) is 7.53. The predicted octanol–water partition coefficient (Wildman–Crippen LogP) is 1.29. The van der Waals surface area contributed by atoms with E-state index in [1.807, 2.05) is 12.1 Å². The van der Waals surface area contributed by atoms with Gasteiger partial charge in [-0.25, -0.2) is 4.79 Å². The van der Waals surface area contributed by atoms with E-state index in [2.05, 4.69) is 26.8 Å². The first-order chi connectivity index (χ1) is 10.0. The number of ether oxygens (including phenoxy) is 1. The Bertz CT molecular complexity index is 697. The Morgan fingerprint density at radius 2 is 1.90 bits per heavy atom. The largest absolute Gasteiger partial charge is 0.423 e. The first kappa shape index (κ1) is 14.3. The van der Waals surface area contributed by atoms with Gasteiger partial charge in [0, 0.05) is 17.0 Å². The van der Waals surface area contributed by atoms with Gasteiger partial charge in [-0.05, 0) is 32.9 Å². The van der Waals surface area contributed by atoms with E-state index in [1.54, 1.807) is 6.07 Å². The number of aryl methyl sites for hydroxylation is 1. The Balaban J connectivity index is 1.96. The lowest BCUT2D eigenvalue weighted by atomic mass is 10.1. The van der Waals surface area contributed by atoms with E-state index in [-0.39, 0.29) is 17.8 Å². The molecule has 0 radical (unpaired) electrons. The van der Waals surface area contributed by atoms with Gasteiger partial charge in [0.15, 0.2) is 0 Å². The van der Waals surface area contributed by atoms with Crippen LogP contribution in [-0.4, -0.2) is 25.3 Å². The van der Waals surface area contributed by atoms with Crippen LogP contribution < -0.4 is 10.5 Å². The Morgan fingerprint density at radius 1 is 1.19 bits per heavy atom. The van der Waals surface area contributed by atoms with Crippen LogP contribution in [0.25, 0.3) is 11.0 Å². The van der Waals surface area contributed by atoms with Crippen LogP contribution in [0.15, 0.2) is 33.5 Å². The standard InChI is InChI=1S/C17H21NO3/c1-11-4-5-16-15(6-11)14(7-17(19)21-16)10-18-8-12(2)20-13(3)9-18/h4-7,12-13H,8-10H2,1-3H3/p+1/t12-,13-/m0/s1. The van der Waals surface area contributed by atoms with Crippen LogP contribution in [0.1, 0.15) is 25.0 Å². The number of hydrogen-bond acceptors (Lipinski definition) is 3. The summed E-state index contributed by atoms with van der Waals surface area (Å²) in [5, 5.41) is 1.05. The third-order valence-corrected chi connectivity index (χ3v) is 4.04. The van der Waals surface area contributed by atoms with Crippen molar-refractivity contribution in [1.29, 1.82) is 0 Å². The molecule has 4 nitrogen and oxygen atoms in total. The average molecular weight is 288 g/mol. The summed E-state index contributed by atoms with van der Waals surface area (Å²) in [5.41, 5.74) is 2.66. The van der Waals surface area contributed by atoms with Gasteiger partial charge in [-0.2, -0.15) is 0 Å². The van der Waals surface area contributed by atoms with E-state index in [1.165, 1.54) is 10.5 Å². The Hall–Kier alpha value is -1.65. The molecule has 1 fully saturated rings. The minimum Gasteiger partial charge on any atom is -0.423 e. The van der Waals surface area contributed by atoms with E-state index in [0.29, 0.717) is 5.58 Å². The minimum atomic E-state index is -0.268. The normalized spacial score (nSPS) is 26.1. The van der Waals surface area contributed by atoms with Crippen molar-refractivity contribution in [3.05, 3.63) is 45.8 Å². The summed E-state index contributed by atoms with van der Waals surface area (Å²) < 4.78 is 11.1. The lowest BCUT2D eigenvalue weighted by Gasteiger charge is -2.32. The third-order valence-electron chi connectivity index (χ3n) is 4.04. The maximum absolute atomic E-state index is 11.8. The van der Waals surface area contributed by atoms with Gasteiger partial charge in [-0.1, -0.05) is 11.6 Å². The van der Waals surface area contributed by atoms with Crippen LogP contribution in [0.4, 0.5) is 0 Å². The van der Waals surface area contributed by atoms with Crippen molar-refractivity contribution < 1.29 is 14.1 Å². The second kappa shape index (κ2) is 5.62. The van der Waals surface area contributed by atoms with Gasteiger partial charge in [-0.15, -0.1) is 0 Å². The summed E-state index contributed by atoms with van der Waals surface area (Å²) in [5.74, 6) is 0. The van der Waals surface area contributed by atoms with Crippen LogP contribution in [0.2, 0.25) is 0 Å². The molecule has 1 aliphatic rings. The molecule has 1 saturated heterocycles. The summed E-state index contributed by atoms with van der Waals surface area (Å²) in [6, 6.07) is 7.59. The predicted molar refractivity (Wildman–Crippen MR) is 81.6 cm³/mol. The van der Waals surface area contributed by atoms with Crippen molar-refractivity contribution in [2.75, 3.05) is 13.1 Å². The molecule has 3 rings (SSSR count). The number of morpholine rings is 1. The first-order valence-electron chi connectivity index (χ1n) is 7.53. The maximum atomic E-state index is 11.8. The van der Waals surface area contributed by atoms with E-state index in [0.717, 1.165) is 30.6 Å². The van der Waals surface area contributed by atoms with Crippen molar-refractivity contribution in [3.8, 4) is 0 Å². The van der Waals surface area contributed by atoms with Crippen molar-refractivity contribution in [3.63, 3.8) is 0 Å². The molecule has 0 bridgehead atoms. The molecular formula is C17H22NO3+. The second-order valence-electron chi connectivity index (χ2n) is 6.18. The molecule has 1 N–H and O–H groups in total. The zero-order valence-corrected chi connectivity index (χ0v) is 12.8. The maximum Gasteiger partial charge on any atom is 0.336 e. The van der Waals surface area contributed by atoms with Crippen LogP contribution in [0.5, 0.6) is 0 Å². The molecule has 112 valence electrons. The fourth-order valence-corrected chi connectivity index (χ4v) is 3.29. The molecular weight excluding hydrogens is 266 g/mol. The minimum absolute atomic E-state index is 0.261. The highest BCUT2D eigenvalue weighted by atomic mass is 16.5. The number of hydrogen-bond donors (Lipinski definition) is 1. The van der Waals surface area contributed by atoms with Gasteiger partial charge >= 0.3 is 5.63 Å². The summed E-state index contributed by atoms with van der Waals surface area (Å²) in [6.45, 7) is 9.05. The summed E-state index contributed by atoms with van der Waals surface area (Å²) in [7, 11) is 0. The number of quaternary nitrogens is 1. The Kier molecular flexibility index (Phi) is 3.83. The number of benzene rings is 1. The Labute approximate surface area is 124 Å². The van der Waals surface area contributed by atoms with Crippen LogP contribution in [0, 0.1) is 6.92 Å². The van der Waals surface area contributed by atoms with Gasteiger partial charge < -0.3 is 14.1 Å². The fourth-order valence-electron chi connectivity index (χ4n) is 3.29. The van der Waals surface area contributed by atoms with E-state index < -0.39 is 0 Å². The van der Waals surface area contributed by atoms with Gasteiger partial charge in [0.05, 0.1) is 0 Å². The van der Waals surface area contributed by atoms with Crippen LogP contribution >= 0.6 is 0 Å². The Morgan fingerprint density at radius 3 is 2.62 bits per heavy atom. The molecule has 1 aromatic heterocycles. The molecule has 4 heteroatoms. The van der Waals surface area contributed by atoms with Crippen molar-refractivity contribution in [1.82, 2.24) is 0 Å². The average Bonchev–Trinajstić information content (AvgIpc) is 2.38. The second-order valence-corrected chi connectivity index (χ2v) is 6.18. The smallest absolute Gasteiger partial charge is 0.336 e. The van der Waals surface area contributed by atoms with Gasteiger partial charge in [0.25, 0.3) is 0 Å². The summed E-state index contributed by atoms with van der Waals surface area (Å²) in [4.78, 5) is 13.2. The molecule has 0 amide bonds. The number of nitrogens with one attached hydrogen (secondary N) is 1. The highest BCUT2D eigenvalue weighted by molar-refractivity contribution is 5.80. The molecule has 1 aromatic carbocycles. The van der Waals surface area contributed by atoms with Crippen molar-refractivity contribution in [2.24, 2.45) is 0 Å². The molecule has 2 aromatic rings. The van der Waals surface area contributed by atoms with E-state index in [4.69, 9.17) is 9.15 Å². The third kappa shape index (κ3) is 3.17. The number of fused-ring (bicyclic) bond motifs is 1. The molecule has 2 atom stereocenters. The molecule has 2 heterocycles. The molecule has 0 saturated carbocycles. The molecule has 0 aliphatic carbocycles. The molecule has 1 aliphatic heterocycles. The highest BCUT2D eigenvalue weighted by Crippen LogP contribution is 2.18. The highest BCUT2D eigenvalue weighted by Gasteiger charge is 2.26. The zero-order valence-electron chi connectivity index (χ0n) is 12.8. The van der Waals surface area contributed by atoms with Crippen LogP contribution in [-0.2, 0) is 11.3 Å². The van der Waals surface area contributed by atoms with Crippen LogP contribution in [0.3, 0.4) is 0 Å². The fraction of sp³-hybridized carbons (Fsp3) is 0.471. The quantitative estimate of drug-likeness (QED) is 0.847. The lowest BCUT2D eigenvalue weighted by Crippen LogP contribution is -3.14. The zero-order chi connectivity index (χ0) is 15.0.